The van der Waals surface area contributed by atoms with Crippen molar-refractivity contribution in [2.45, 2.75) is 102 Å². The van der Waals surface area contributed by atoms with Crippen molar-refractivity contribution in [3.8, 4) is 0 Å². The smallest absolute Gasteiger partial charge is 0.232 e. The summed E-state index contributed by atoms with van der Waals surface area (Å²) in [6.45, 7) is -0.758. The molecule has 1 aromatic heterocycles. The summed E-state index contributed by atoms with van der Waals surface area (Å²) < 4.78 is 454. The van der Waals surface area contributed by atoms with Crippen molar-refractivity contribution in [2.75, 3.05) is 0 Å². The first-order valence-corrected chi connectivity index (χ1v) is 14.2. The molecule has 61 heavy (non-hydrogen) atoms. The van der Waals surface area contributed by atoms with E-state index in [2.05, 4.69) is 0 Å². The number of halogens is 33. The average molecular weight is 977 g/mol. The van der Waals surface area contributed by atoms with Gasteiger partial charge in [-0.2, -0.15) is 149 Å². The Balaban J connectivity index is 2.75. The summed E-state index contributed by atoms with van der Waals surface area (Å²) in [5, 5.41) is 0. The average Bonchev–Trinajstić information content (AvgIpc) is 3.56. The lowest BCUT2D eigenvalue weighted by Crippen LogP contribution is -2.80. The number of hydrogen-bond donors (Lipinski definition) is 0. The molecule has 0 amide bonds. The first-order chi connectivity index (χ1) is 26.3. The summed E-state index contributed by atoms with van der Waals surface area (Å²) in [7, 11) is 0. The van der Waals surface area contributed by atoms with Gasteiger partial charge in [0.1, 0.15) is 18.9 Å². The highest BCUT2D eigenvalue weighted by atomic mass is 19.4. The van der Waals surface area contributed by atoms with Crippen LogP contribution in [0.3, 0.4) is 0 Å². The summed E-state index contributed by atoms with van der Waals surface area (Å²) in [5.74, 6) is -136. The van der Waals surface area contributed by atoms with E-state index in [0.29, 0.717) is 0 Å². The lowest BCUT2D eigenvalue weighted by atomic mass is 9.83. The minimum atomic E-state index is -10.2. The Kier molecular flexibility index (Phi) is 12.3. The van der Waals surface area contributed by atoms with Gasteiger partial charge >= 0.3 is 95.1 Å². The molecule has 0 aliphatic heterocycles. The number of rotatable bonds is 17. The minimum absolute atomic E-state index is 0.00244. The molecule has 2 nitrogen and oxygen atoms in total. The molecule has 0 fully saturated rings. The van der Waals surface area contributed by atoms with Crippen molar-refractivity contribution in [2.24, 2.45) is 0 Å². The monoisotopic (exact) mass is 977 g/mol. The van der Waals surface area contributed by atoms with E-state index in [0.717, 1.165) is 12.1 Å². The molecule has 0 saturated carbocycles. The van der Waals surface area contributed by atoms with Crippen molar-refractivity contribution in [1.29, 1.82) is 0 Å². The second-order valence-corrected chi connectivity index (χ2v) is 12.1. The zero-order chi connectivity index (χ0) is 49.1. The van der Waals surface area contributed by atoms with Gasteiger partial charge in [0.25, 0.3) is 0 Å². The van der Waals surface area contributed by atoms with Gasteiger partial charge in [0.05, 0.1) is 0 Å². The Morgan fingerprint density at radius 3 is 0.836 bits per heavy atom. The zero-order valence-corrected chi connectivity index (χ0v) is 27.2. The van der Waals surface area contributed by atoms with Crippen LogP contribution in [0.2, 0.25) is 0 Å². The Morgan fingerprint density at radius 1 is 0.328 bits per heavy atom. The van der Waals surface area contributed by atoms with Crippen LogP contribution in [0.5, 0.6) is 0 Å². The van der Waals surface area contributed by atoms with Gasteiger partial charge in [-0.05, 0) is 5.56 Å². The molecule has 35 heteroatoms. The van der Waals surface area contributed by atoms with Gasteiger partial charge in [0.2, 0.25) is 6.33 Å². The number of imidazole rings is 1. The van der Waals surface area contributed by atoms with Crippen LogP contribution < -0.4 is 4.57 Å². The fourth-order valence-corrected chi connectivity index (χ4v) is 4.34. The van der Waals surface area contributed by atoms with E-state index in [-0.39, 0.29) is 16.3 Å². The van der Waals surface area contributed by atoms with Crippen molar-refractivity contribution in [1.82, 2.24) is 4.57 Å². The van der Waals surface area contributed by atoms with Crippen molar-refractivity contribution in [3.63, 3.8) is 0 Å². The Hall–Kier alpha value is -3.88. The fourth-order valence-electron chi connectivity index (χ4n) is 4.34. The molecule has 0 unspecified atom stereocenters. The minimum Gasteiger partial charge on any atom is -0.232 e. The van der Waals surface area contributed by atoms with Crippen molar-refractivity contribution in [3.05, 3.63) is 54.6 Å². The zero-order valence-electron chi connectivity index (χ0n) is 27.2. The van der Waals surface area contributed by atoms with E-state index in [1.165, 1.54) is 18.2 Å². The first-order valence-electron chi connectivity index (χ1n) is 14.2. The van der Waals surface area contributed by atoms with Crippen LogP contribution >= 0.6 is 0 Å². The van der Waals surface area contributed by atoms with Gasteiger partial charge in [-0.25, -0.2) is 4.57 Å². The lowest BCUT2D eigenvalue weighted by Gasteiger charge is -2.46. The third-order valence-electron chi connectivity index (χ3n) is 8.08. The third kappa shape index (κ3) is 6.57. The molecular weight excluding hydrogens is 967 g/mol. The van der Waals surface area contributed by atoms with E-state index >= 15 is 0 Å². The molecular formula is C26H10F33N2+. The number of hydrogen-bond acceptors (Lipinski definition) is 0. The molecule has 0 radical (unpaired) electrons. The van der Waals surface area contributed by atoms with Gasteiger partial charge in [0, 0.05) is 0 Å². The molecule has 354 valence electrons. The molecule has 0 aliphatic rings. The quantitative estimate of drug-likeness (QED) is 0.110. The molecule has 0 aliphatic carbocycles. The first kappa shape index (κ1) is 53.3. The highest BCUT2D eigenvalue weighted by Crippen LogP contribution is 2.70. The fraction of sp³-hybridized carbons (Fsp3) is 0.654. The second-order valence-electron chi connectivity index (χ2n) is 12.1. The van der Waals surface area contributed by atoms with Crippen molar-refractivity contribution < 1.29 is 149 Å². The standard InChI is InChI=1S/C26H10F33N2/c27-11(28,13(31,32)15(35,36)17(39,40)19(43,44)21(47,48)23(51,52)25(55,56)57)12(29,30)14(33,34)16(37,38)18(41,42)20(45,46)22(49,50)24(53,54)26(58,59)61-7-6-60(9-61)8-10-4-2-1-3-5-10/h1-7,9H,8H2/q+1. The number of alkyl halides is 33. The topological polar surface area (TPSA) is 8.81 Å². The third-order valence-corrected chi connectivity index (χ3v) is 8.08. The molecule has 1 heterocycles. The highest BCUT2D eigenvalue weighted by Gasteiger charge is 3.02. The van der Waals surface area contributed by atoms with Crippen LogP contribution in [0.4, 0.5) is 145 Å². The maximum atomic E-state index is 14.6. The Morgan fingerprint density at radius 2 is 0.574 bits per heavy atom. The maximum absolute atomic E-state index is 14.6. The number of nitrogens with zero attached hydrogens (tertiary/aromatic N) is 2. The Bertz CT molecular complexity index is 1870. The SMILES string of the molecule is FC(F)(F)C(F)(F)C(F)(F)C(F)(F)C(F)(F)C(F)(F)C(F)(F)C(F)(F)C(F)(F)C(F)(F)C(F)(F)C(F)(F)C(F)(F)C(F)(F)C(F)(F)C(F)(F)n1cc[n+](Cc2ccccc2)c1. The summed E-state index contributed by atoms with van der Waals surface area (Å²) >= 11 is 0. The molecule has 0 bridgehead atoms. The highest BCUT2D eigenvalue weighted by molar-refractivity contribution is 5.22. The summed E-state index contributed by atoms with van der Waals surface area (Å²) in [5.41, 5.74) is 0.00244. The molecule has 2 rings (SSSR count). The normalized spacial score (nSPS) is 16.3. The molecule has 2 aromatic rings. The molecule has 1 aromatic carbocycles. The van der Waals surface area contributed by atoms with E-state index in [1.54, 1.807) is 0 Å². The van der Waals surface area contributed by atoms with Gasteiger partial charge in [-0.15, -0.1) is 0 Å². The van der Waals surface area contributed by atoms with E-state index in [9.17, 15) is 145 Å². The lowest BCUT2D eigenvalue weighted by molar-refractivity contribution is -0.688. The summed E-state index contributed by atoms with van der Waals surface area (Å²) in [6.07, 6.45) is -9.21. The van der Waals surface area contributed by atoms with Crippen LogP contribution in [0.15, 0.2) is 49.1 Å². The summed E-state index contributed by atoms with van der Waals surface area (Å²) in [6, 6.07) is -1.29. The van der Waals surface area contributed by atoms with E-state index in [1.807, 2.05) is 0 Å². The van der Waals surface area contributed by atoms with Crippen LogP contribution in [-0.4, -0.2) is 93.7 Å². The molecule has 0 N–H and O–H groups in total. The van der Waals surface area contributed by atoms with Gasteiger partial charge in [-0.1, -0.05) is 30.3 Å². The number of aromatic nitrogens is 2. The van der Waals surface area contributed by atoms with Crippen LogP contribution in [0.1, 0.15) is 5.56 Å². The van der Waals surface area contributed by atoms with Gasteiger partial charge in [-0.3, -0.25) is 0 Å². The summed E-state index contributed by atoms with van der Waals surface area (Å²) in [4.78, 5) is 0. The second kappa shape index (κ2) is 14.1. The molecule has 0 atom stereocenters. The van der Waals surface area contributed by atoms with E-state index < -0.39 is 119 Å². The maximum Gasteiger partial charge on any atom is 0.469 e. The number of benzene rings is 1. The largest absolute Gasteiger partial charge is 0.469 e. The van der Waals surface area contributed by atoms with Crippen molar-refractivity contribution >= 4 is 0 Å². The van der Waals surface area contributed by atoms with Gasteiger partial charge < -0.3 is 0 Å². The molecule has 0 saturated heterocycles. The molecule has 0 spiro atoms. The van der Waals surface area contributed by atoms with Crippen LogP contribution in [0, 0.1) is 0 Å². The van der Waals surface area contributed by atoms with Crippen LogP contribution in [0.25, 0.3) is 0 Å². The van der Waals surface area contributed by atoms with Crippen LogP contribution in [-0.2, 0) is 12.6 Å². The van der Waals surface area contributed by atoms with Gasteiger partial charge in [0.15, 0.2) is 0 Å². The Labute approximate surface area is 311 Å². The van der Waals surface area contributed by atoms with E-state index in [4.69, 9.17) is 0 Å². The predicted octanol–water partition coefficient (Wildman–Crippen LogP) is 11.8. The predicted molar refractivity (Wildman–Crippen MR) is 126 cm³/mol.